The van der Waals surface area contributed by atoms with Crippen molar-refractivity contribution in [2.45, 2.75) is 24.8 Å². The molecule has 110 valence electrons. The maximum Gasteiger partial charge on any atom is 0.141 e. The summed E-state index contributed by atoms with van der Waals surface area (Å²) in [6, 6.07) is 12.6. The van der Waals surface area contributed by atoms with Crippen LogP contribution in [0.1, 0.15) is 35.9 Å². The van der Waals surface area contributed by atoms with Gasteiger partial charge < -0.3 is 10.5 Å². The van der Waals surface area contributed by atoms with Crippen LogP contribution < -0.4 is 10.5 Å². The molecule has 0 spiro atoms. The summed E-state index contributed by atoms with van der Waals surface area (Å²) in [4.78, 5) is 0. The molecule has 0 saturated carbocycles. The zero-order valence-corrected chi connectivity index (χ0v) is 12.3. The zero-order valence-electron chi connectivity index (χ0n) is 11.6. The average molecular weight is 306 g/mol. The third-order valence-corrected chi connectivity index (χ3v) is 4.28. The molecule has 2 N–H and O–H groups in total. The maximum atomic E-state index is 13.2. The predicted octanol–water partition coefficient (Wildman–Crippen LogP) is 4.44. The molecule has 4 heteroatoms. The van der Waals surface area contributed by atoms with Crippen LogP contribution in [0.15, 0.2) is 42.5 Å². The third-order valence-electron chi connectivity index (χ3n) is 3.99. The highest BCUT2D eigenvalue weighted by Crippen LogP contribution is 2.38. The fraction of sp³-hybridized carbons (Fsp3) is 0.294. The first kappa shape index (κ1) is 14.4. The number of hydrogen-bond acceptors (Lipinski definition) is 2. The van der Waals surface area contributed by atoms with E-state index in [4.69, 9.17) is 22.1 Å². The summed E-state index contributed by atoms with van der Waals surface area (Å²) >= 11 is 5.83. The molecule has 0 saturated heterocycles. The minimum atomic E-state index is -0.413. The molecule has 2 aromatic rings. The van der Waals surface area contributed by atoms with E-state index in [0.717, 1.165) is 24.2 Å². The summed E-state index contributed by atoms with van der Waals surface area (Å²) in [6.07, 6.45) is 1.74. The van der Waals surface area contributed by atoms with Crippen molar-refractivity contribution in [3.63, 3.8) is 0 Å². The van der Waals surface area contributed by atoms with Gasteiger partial charge in [0.2, 0.25) is 0 Å². The van der Waals surface area contributed by atoms with E-state index in [1.165, 1.54) is 11.6 Å². The van der Waals surface area contributed by atoms with Crippen LogP contribution in [0.2, 0.25) is 5.02 Å². The van der Waals surface area contributed by atoms with Crippen molar-refractivity contribution in [2.24, 2.45) is 5.73 Å². The number of nitrogens with two attached hydrogens (primary N) is 1. The molecule has 21 heavy (non-hydrogen) atoms. The minimum Gasteiger partial charge on any atom is -0.493 e. The molecular formula is C17H17ClFNO. The Morgan fingerprint density at radius 2 is 2.10 bits per heavy atom. The van der Waals surface area contributed by atoms with Crippen molar-refractivity contribution in [3.8, 4) is 5.75 Å². The van der Waals surface area contributed by atoms with Gasteiger partial charge in [-0.2, -0.15) is 0 Å². The number of rotatable bonds is 3. The Balaban J connectivity index is 1.79. The van der Waals surface area contributed by atoms with Gasteiger partial charge in [0.1, 0.15) is 11.6 Å². The Kier molecular flexibility index (Phi) is 4.13. The summed E-state index contributed by atoms with van der Waals surface area (Å²) in [7, 11) is 0. The summed E-state index contributed by atoms with van der Waals surface area (Å²) in [6.45, 7) is 0.707. The molecule has 0 radical (unpaired) electrons. The van der Waals surface area contributed by atoms with E-state index >= 15 is 0 Å². The van der Waals surface area contributed by atoms with Crippen LogP contribution in [0, 0.1) is 5.82 Å². The third kappa shape index (κ3) is 3.04. The van der Waals surface area contributed by atoms with Gasteiger partial charge in [0.05, 0.1) is 11.6 Å². The van der Waals surface area contributed by atoms with Gasteiger partial charge in [-0.3, -0.25) is 0 Å². The van der Waals surface area contributed by atoms with Gasteiger partial charge in [-0.15, -0.1) is 0 Å². The van der Waals surface area contributed by atoms with Gasteiger partial charge in [0.15, 0.2) is 0 Å². The van der Waals surface area contributed by atoms with Crippen molar-refractivity contribution in [2.75, 3.05) is 6.61 Å². The number of halogens is 2. The molecule has 0 aliphatic carbocycles. The van der Waals surface area contributed by atoms with Crippen LogP contribution in [0.5, 0.6) is 5.75 Å². The van der Waals surface area contributed by atoms with Crippen molar-refractivity contribution in [1.82, 2.24) is 0 Å². The lowest BCUT2D eigenvalue weighted by atomic mass is 9.86. The van der Waals surface area contributed by atoms with Crippen LogP contribution in [0.25, 0.3) is 0 Å². The molecule has 0 fully saturated rings. The number of hydrogen-bond donors (Lipinski definition) is 1. The number of para-hydroxylation sites is 1. The quantitative estimate of drug-likeness (QED) is 0.910. The van der Waals surface area contributed by atoms with E-state index in [1.54, 1.807) is 12.1 Å². The van der Waals surface area contributed by atoms with Gasteiger partial charge in [-0.25, -0.2) is 4.39 Å². The molecule has 2 aromatic carbocycles. The van der Waals surface area contributed by atoms with Crippen molar-refractivity contribution >= 4 is 11.6 Å². The molecule has 3 rings (SSSR count). The second kappa shape index (κ2) is 6.04. The summed E-state index contributed by atoms with van der Waals surface area (Å²) in [5.74, 6) is 0.885. The number of benzene rings is 2. The fourth-order valence-corrected chi connectivity index (χ4v) is 3.04. The molecule has 0 amide bonds. The lowest BCUT2D eigenvalue weighted by molar-refractivity contribution is 0.259. The van der Waals surface area contributed by atoms with Crippen molar-refractivity contribution in [3.05, 3.63) is 64.4 Å². The molecule has 1 aliphatic rings. The topological polar surface area (TPSA) is 35.2 Å². The van der Waals surface area contributed by atoms with E-state index in [2.05, 4.69) is 6.07 Å². The predicted molar refractivity (Wildman–Crippen MR) is 82.3 cm³/mol. The molecule has 2 atom stereocenters. The molecule has 2 unspecified atom stereocenters. The Hall–Kier alpha value is -1.58. The molecule has 0 bridgehead atoms. The Morgan fingerprint density at radius 1 is 1.29 bits per heavy atom. The normalized spacial score (nSPS) is 18.7. The van der Waals surface area contributed by atoms with Crippen LogP contribution in [-0.2, 0) is 0 Å². The Labute approximate surface area is 128 Å². The first-order chi connectivity index (χ1) is 10.1. The van der Waals surface area contributed by atoms with Crippen LogP contribution in [0.3, 0.4) is 0 Å². The summed E-state index contributed by atoms with van der Waals surface area (Å²) in [5.41, 5.74) is 8.35. The molecule has 1 aliphatic heterocycles. The second-order valence-electron chi connectivity index (χ2n) is 5.39. The van der Waals surface area contributed by atoms with Gasteiger partial charge in [0.25, 0.3) is 0 Å². The maximum absolute atomic E-state index is 13.2. The number of fused-ring (bicyclic) bond motifs is 1. The standard InChI is InChI=1S/C17H17ClFNO/c18-14-9-12(5-6-15(14)19)16(20)10-11-7-8-21-17-4-2-1-3-13(11)17/h1-6,9,11,16H,7-8,10,20H2. The molecule has 0 aromatic heterocycles. The minimum absolute atomic E-state index is 0.121. The molecule has 1 heterocycles. The van der Waals surface area contributed by atoms with Crippen molar-refractivity contribution < 1.29 is 9.13 Å². The van der Waals surface area contributed by atoms with E-state index in [-0.39, 0.29) is 11.1 Å². The van der Waals surface area contributed by atoms with Gasteiger partial charge >= 0.3 is 0 Å². The monoisotopic (exact) mass is 305 g/mol. The molecule has 2 nitrogen and oxygen atoms in total. The van der Waals surface area contributed by atoms with Gasteiger partial charge in [-0.05, 0) is 48.1 Å². The first-order valence-corrected chi connectivity index (χ1v) is 7.45. The van der Waals surface area contributed by atoms with Crippen molar-refractivity contribution in [1.29, 1.82) is 0 Å². The zero-order chi connectivity index (χ0) is 14.8. The van der Waals surface area contributed by atoms with E-state index < -0.39 is 5.82 Å². The average Bonchev–Trinajstić information content (AvgIpc) is 2.50. The lowest BCUT2D eigenvalue weighted by Gasteiger charge is -2.28. The number of ether oxygens (including phenoxy) is 1. The van der Waals surface area contributed by atoms with Crippen LogP contribution in [-0.4, -0.2) is 6.61 Å². The largest absolute Gasteiger partial charge is 0.493 e. The highest BCUT2D eigenvalue weighted by atomic mass is 35.5. The SMILES string of the molecule is NC(CC1CCOc2ccccc21)c1ccc(F)c(Cl)c1. The van der Waals surface area contributed by atoms with Gasteiger partial charge in [-0.1, -0.05) is 35.9 Å². The smallest absolute Gasteiger partial charge is 0.141 e. The Bertz CT molecular complexity index is 646. The van der Waals surface area contributed by atoms with E-state index in [1.807, 2.05) is 18.2 Å². The fourth-order valence-electron chi connectivity index (χ4n) is 2.85. The van der Waals surface area contributed by atoms with E-state index in [0.29, 0.717) is 12.5 Å². The second-order valence-corrected chi connectivity index (χ2v) is 5.79. The Morgan fingerprint density at radius 3 is 2.90 bits per heavy atom. The lowest BCUT2D eigenvalue weighted by Crippen LogP contribution is -2.20. The highest BCUT2D eigenvalue weighted by molar-refractivity contribution is 6.30. The highest BCUT2D eigenvalue weighted by Gasteiger charge is 2.23. The van der Waals surface area contributed by atoms with E-state index in [9.17, 15) is 4.39 Å². The van der Waals surface area contributed by atoms with Gasteiger partial charge in [0, 0.05) is 6.04 Å². The molecular weight excluding hydrogens is 289 g/mol. The van der Waals surface area contributed by atoms with Crippen LogP contribution >= 0.6 is 11.6 Å². The first-order valence-electron chi connectivity index (χ1n) is 7.07. The summed E-state index contributed by atoms with van der Waals surface area (Å²) < 4.78 is 18.9. The van der Waals surface area contributed by atoms with Crippen LogP contribution in [0.4, 0.5) is 4.39 Å². The summed E-state index contributed by atoms with van der Waals surface area (Å²) in [5, 5.41) is 0.121.